The molecular formula is C11H16ClI2NO. The number of benzene rings is 1. The number of halogens is 3. The summed E-state index contributed by atoms with van der Waals surface area (Å²) in [6.07, 6.45) is 0. The Hall–Kier alpha value is 0.730. The van der Waals surface area contributed by atoms with Gasteiger partial charge in [-0.15, -0.1) is 12.4 Å². The molecule has 0 spiro atoms. The minimum Gasteiger partial charge on any atom is -0.506 e. The highest BCUT2D eigenvalue weighted by Crippen LogP contribution is 2.38. The number of phenolic OH excluding ortho intramolecular Hbond substituents is 1. The van der Waals surface area contributed by atoms with Crippen molar-refractivity contribution < 1.29 is 5.11 Å². The first-order valence-corrected chi connectivity index (χ1v) is 6.82. The van der Waals surface area contributed by atoms with Crippen molar-refractivity contribution in [3.8, 4) is 5.75 Å². The second-order valence-corrected chi connectivity index (χ2v) is 7.08. The molecule has 0 heterocycles. The molecule has 0 amide bonds. The van der Waals surface area contributed by atoms with Crippen LogP contribution in [0.25, 0.3) is 0 Å². The van der Waals surface area contributed by atoms with Crippen LogP contribution in [0.4, 0.5) is 0 Å². The minimum atomic E-state index is -0.152. The van der Waals surface area contributed by atoms with Gasteiger partial charge in [0.1, 0.15) is 5.75 Å². The lowest BCUT2D eigenvalue weighted by Gasteiger charge is -2.28. The molecule has 16 heavy (non-hydrogen) atoms. The van der Waals surface area contributed by atoms with Crippen LogP contribution in [0.3, 0.4) is 0 Å². The predicted octanol–water partition coefficient (Wildman–Crippen LogP) is 4.07. The second-order valence-electron chi connectivity index (χ2n) is 4.67. The van der Waals surface area contributed by atoms with Gasteiger partial charge in [-0.25, -0.2) is 0 Å². The summed E-state index contributed by atoms with van der Waals surface area (Å²) < 4.78 is 1.96. The summed E-state index contributed by atoms with van der Waals surface area (Å²) in [5.41, 5.74) is 6.93. The van der Waals surface area contributed by atoms with Gasteiger partial charge in [0, 0.05) is 15.2 Å². The number of hydrogen-bond acceptors (Lipinski definition) is 2. The third-order valence-electron chi connectivity index (χ3n) is 2.33. The lowest BCUT2D eigenvalue weighted by Crippen LogP contribution is -2.26. The minimum absolute atomic E-state index is 0. The van der Waals surface area contributed by atoms with Gasteiger partial charge < -0.3 is 10.8 Å². The molecule has 0 aliphatic heterocycles. The zero-order valence-corrected chi connectivity index (χ0v) is 14.6. The molecule has 0 aromatic heterocycles. The van der Waals surface area contributed by atoms with Gasteiger partial charge in [-0.1, -0.05) is 20.8 Å². The molecule has 0 aliphatic rings. The molecule has 0 fully saturated rings. The zero-order chi connectivity index (χ0) is 11.8. The van der Waals surface area contributed by atoms with Crippen molar-refractivity contribution >= 4 is 57.6 Å². The van der Waals surface area contributed by atoms with E-state index in [4.69, 9.17) is 5.73 Å². The van der Waals surface area contributed by atoms with Crippen molar-refractivity contribution in [3.05, 3.63) is 24.8 Å². The largest absolute Gasteiger partial charge is 0.506 e. The van der Waals surface area contributed by atoms with E-state index in [1.165, 1.54) is 0 Å². The molecule has 1 aromatic rings. The highest BCUT2D eigenvalue weighted by atomic mass is 127. The fraction of sp³-hybridized carbons (Fsp3) is 0.455. The Balaban J connectivity index is 0.00000225. The summed E-state index contributed by atoms with van der Waals surface area (Å²) in [5, 5.41) is 9.96. The summed E-state index contributed by atoms with van der Waals surface area (Å²) in [6, 6.07) is 3.74. The highest BCUT2D eigenvalue weighted by Gasteiger charge is 2.25. The maximum atomic E-state index is 9.96. The van der Waals surface area contributed by atoms with E-state index < -0.39 is 0 Å². The Morgan fingerprint density at radius 1 is 1.25 bits per heavy atom. The molecule has 0 saturated heterocycles. The number of phenols is 1. The Labute approximate surface area is 130 Å². The first kappa shape index (κ1) is 16.7. The third-order valence-corrected chi connectivity index (χ3v) is 3.77. The average Bonchev–Trinajstić information content (AvgIpc) is 2.08. The van der Waals surface area contributed by atoms with E-state index in [0.29, 0.717) is 5.75 Å². The Morgan fingerprint density at radius 2 is 1.75 bits per heavy atom. The van der Waals surface area contributed by atoms with Crippen molar-refractivity contribution in [1.82, 2.24) is 0 Å². The van der Waals surface area contributed by atoms with Crippen LogP contribution in [0.2, 0.25) is 0 Å². The fourth-order valence-corrected chi connectivity index (χ4v) is 3.18. The summed E-state index contributed by atoms with van der Waals surface area (Å²) in [7, 11) is 0. The van der Waals surface area contributed by atoms with Gasteiger partial charge in [0.15, 0.2) is 0 Å². The number of rotatable bonds is 1. The number of aromatic hydroxyl groups is 1. The van der Waals surface area contributed by atoms with Crippen molar-refractivity contribution in [3.63, 3.8) is 0 Å². The summed E-state index contributed by atoms with van der Waals surface area (Å²) in [4.78, 5) is 0. The van der Waals surface area contributed by atoms with Crippen LogP contribution in [0.5, 0.6) is 5.75 Å². The van der Waals surface area contributed by atoms with E-state index in [9.17, 15) is 5.11 Å². The van der Waals surface area contributed by atoms with E-state index in [-0.39, 0.29) is 23.9 Å². The van der Waals surface area contributed by atoms with Crippen LogP contribution >= 0.6 is 57.6 Å². The molecule has 1 rings (SSSR count). The van der Waals surface area contributed by atoms with Gasteiger partial charge in [0.2, 0.25) is 0 Å². The molecule has 0 saturated carbocycles. The molecule has 0 aliphatic carbocycles. The molecule has 0 bridgehead atoms. The molecule has 0 radical (unpaired) electrons. The molecular weight excluding hydrogens is 451 g/mol. The summed E-state index contributed by atoms with van der Waals surface area (Å²) in [6.45, 7) is 6.22. The Kier molecular flexibility index (Phi) is 6.34. The Bertz CT molecular complexity index is 377. The highest BCUT2D eigenvalue weighted by molar-refractivity contribution is 14.1. The predicted molar refractivity (Wildman–Crippen MR) is 87.2 cm³/mol. The van der Waals surface area contributed by atoms with E-state index >= 15 is 0 Å². The summed E-state index contributed by atoms with van der Waals surface area (Å²) in [5.74, 6) is 0.318. The monoisotopic (exact) mass is 467 g/mol. The molecule has 3 N–H and O–H groups in total. The maximum Gasteiger partial charge on any atom is 0.133 e. The van der Waals surface area contributed by atoms with Gasteiger partial charge in [-0.05, 0) is 62.7 Å². The maximum absolute atomic E-state index is 9.96. The van der Waals surface area contributed by atoms with Crippen molar-refractivity contribution in [2.75, 3.05) is 0 Å². The first-order valence-electron chi connectivity index (χ1n) is 4.67. The van der Waals surface area contributed by atoms with Gasteiger partial charge >= 0.3 is 0 Å². The fourth-order valence-electron chi connectivity index (χ4n) is 1.29. The molecule has 1 atom stereocenters. The molecule has 1 aromatic carbocycles. The van der Waals surface area contributed by atoms with E-state index in [1.54, 1.807) is 0 Å². The van der Waals surface area contributed by atoms with Crippen LogP contribution in [-0.4, -0.2) is 5.11 Å². The normalized spacial score (nSPS) is 13.1. The standard InChI is InChI=1S/C11H15I2NO.ClH/c1-11(2,3)10(14)7-4-6(12)5-8(13)9(7)15;/h4-5,10,15H,14H2,1-3H3;1H/t10-;/m1./s1. The van der Waals surface area contributed by atoms with E-state index in [0.717, 1.165) is 12.7 Å². The molecule has 0 unspecified atom stereocenters. The quantitative estimate of drug-likeness (QED) is 0.612. The second kappa shape index (κ2) is 6.06. The number of hydrogen-bond donors (Lipinski definition) is 2. The topological polar surface area (TPSA) is 46.2 Å². The smallest absolute Gasteiger partial charge is 0.133 e. The third kappa shape index (κ3) is 3.89. The van der Waals surface area contributed by atoms with Crippen LogP contribution < -0.4 is 5.73 Å². The van der Waals surface area contributed by atoms with Crippen molar-refractivity contribution in [2.24, 2.45) is 11.1 Å². The van der Waals surface area contributed by atoms with Crippen LogP contribution in [0.1, 0.15) is 32.4 Å². The van der Waals surface area contributed by atoms with Crippen LogP contribution in [-0.2, 0) is 0 Å². The van der Waals surface area contributed by atoms with Gasteiger partial charge in [-0.3, -0.25) is 0 Å². The molecule has 92 valence electrons. The van der Waals surface area contributed by atoms with Crippen LogP contribution in [0.15, 0.2) is 12.1 Å². The molecule has 2 nitrogen and oxygen atoms in total. The number of nitrogens with two attached hydrogens (primary N) is 1. The van der Waals surface area contributed by atoms with E-state index in [2.05, 4.69) is 66.0 Å². The zero-order valence-electron chi connectivity index (χ0n) is 9.42. The lowest BCUT2D eigenvalue weighted by molar-refractivity contribution is 0.317. The summed E-state index contributed by atoms with van der Waals surface area (Å²) >= 11 is 4.36. The van der Waals surface area contributed by atoms with Crippen molar-refractivity contribution in [1.29, 1.82) is 0 Å². The molecule has 5 heteroatoms. The van der Waals surface area contributed by atoms with Crippen molar-refractivity contribution in [2.45, 2.75) is 26.8 Å². The Morgan fingerprint density at radius 3 is 2.19 bits per heavy atom. The lowest BCUT2D eigenvalue weighted by atomic mass is 9.83. The van der Waals surface area contributed by atoms with Gasteiger partial charge in [0.05, 0.1) is 3.57 Å². The van der Waals surface area contributed by atoms with E-state index in [1.807, 2.05) is 12.1 Å². The SMILES string of the molecule is CC(C)(C)[C@H](N)c1cc(I)cc(I)c1O.Cl. The van der Waals surface area contributed by atoms with Gasteiger partial charge in [0.25, 0.3) is 0 Å². The first-order chi connectivity index (χ1) is 6.73. The average molecular weight is 468 g/mol. The van der Waals surface area contributed by atoms with Gasteiger partial charge in [-0.2, -0.15) is 0 Å². The van der Waals surface area contributed by atoms with Crippen LogP contribution in [0, 0.1) is 12.6 Å².